The Kier molecular flexibility index (Phi) is 6.06. The van der Waals surface area contributed by atoms with Crippen molar-refractivity contribution < 1.29 is 5.11 Å². The maximum absolute atomic E-state index is 9.67. The second-order valence-corrected chi connectivity index (χ2v) is 5.20. The van der Waals surface area contributed by atoms with Gasteiger partial charge in [-0.05, 0) is 31.9 Å². The molecule has 0 radical (unpaired) electrons. The van der Waals surface area contributed by atoms with Crippen LogP contribution >= 0.6 is 0 Å². The zero-order valence-electron chi connectivity index (χ0n) is 11.3. The average Bonchev–Trinajstić information content (AvgIpc) is 2.27. The Morgan fingerprint density at radius 1 is 1.24 bits per heavy atom. The van der Waals surface area contributed by atoms with E-state index in [0.717, 1.165) is 24.6 Å². The van der Waals surface area contributed by atoms with Gasteiger partial charge in [0.2, 0.25) is 0 Å². The number of phenolic OH excluding ortho intramolecular Hbond substituents is 1. The van der Waals surface area contributed by atoms with Crippen molar-refractivity contribution >= 4 is 0 Å². The molecule has 0 unspecified atom stereocenters. The maximum atomic E-state index is 9.67. The van der Waals surface area contributed by atoms with Gasteiger partial charge in [-0.3, -0.25) is 0 Å². The van der Waals surface area contributed by atoms with Crippen LogP contribution in [0.15, 0.2) is 18.2 Å². The second-order valence-electron chi connectivity index (χ2n) is 5.20. The Morgan fingerprint density at radius 2 is 2.00 bits per heavy atom. The summed E-state index contributed by atoms with van der Waals surface area (Å²) in [6, 6.07) is 5.74. The topological polar surface area (TPSA) is 32.3 Å². The average molecular weight is 235 g/mol. The zero-order valence-corrected chi connectivity index (χ0v) is 11.3. The van der Waals surface area contributed by atoms with Crippen LogP contribution in [0.5, 0.6) is 5.75 Å². The zero-order chi connectivity index (χ0) is 12.7. The van der Waals surface area contributed by atoms with Gasteiger partial charge in [0, 0.05) is 12.1 Å². The first-order valence-electron chi connectivity index (χ1n) is 6.59. The molecule has 2 nitrogen and oxygen atoms in total. The number of aromatic hydroxyl groups is 1. The van der Waals surface area contributed by atoms with E-state index in [0.29, 0.717) is 5.75 Å². The molecule has 0 atom stereocenters. The molecule has 0 saturated heterocycles. The standard InChI is InChI=1S/C15H25NO/c1-12(2)6-4-5-9-16-11-14-10-13(3)7-8-15(14)17/h7-8,10,12,16-17H,4-6,9,11H2,1-3H3. The van der Waals surface area contributed by atoms with Gasteiger partial charge >= 0.3 is 0 Å². The molecule has 2 N–H and O–H groups in total. The molecule has 2 heteroatoms. The SMILES string of the molecule is Cc1ccc(O)c(CNCCCCC(C)C)c1. The van der Waals surface area contributed by atoms with Gasteiger partial charge in [-0.2, -0.15) is 0 Å². The first kappa shape index (κ1) is 14.0. The highest BCUT2D eigenvalue weighted by Crippen LogP contribution is 2.17. The summed E-state index contributed by atoms with van der Waals surface area (Å²) in [6.07, 6.45) is 3.80. The number of hydrogen-bond donors (Lipinski definition) is 2. The molecule has 0 aromatic heterocycles. The smallest absolute Gasteiger partial charge is 0.120 e. The Bertz CT molecular complexity index is 334. The van der Waals surface area contributed by atoms with Crippen LogP contribution in [0.25, 0.3) is 0 Å². The first-order valence-corrected chi connectivity index (χ1v) is 6.59. The predicted octanol–water partition coefficient (Wildman–Crippen LogP) is 3.62. The number of phenols is 1. The lowest BCUT2D eigenvalue weighted by molar-refractivity contribution is 0.462. The monoisotopic (exact) mass is 235 g/mol. The van der Waals surface area contributed by atoms with E-state index in [9.17, 15) is 5.11 Å². The predicted molar refractivity (Wildman–Crippen MR) is 73.2 cm³/mol. The van der Waals surface area contributed by atoms with Crippen molar-refractivity contribution in [2.75, 3.05) is 6.54 Å². The first-order chi connectivity index (χ1) is 8.09. The van der Waals surface area contributed by atoms with Crippen molar-refractivity contribution in [2.45, 2.75) is 46.6 Å². The van der Waals surface area contributed by atoms with Gasteiger partial charge in [-0.15, -0.1) is 0 Å². The van der Waals surface area contributed by atoms with Gasteiger partial charge in [0.25, 0.3) is 0 Å². The lowest BCUT2D eigenvalue weighted by Gasteiger charge is -2.08. The quantitative estimate of drug-likeness (QED) is 0.707. The van der Waals surface area contributed by atoms with Crippen LogP contribution in [-0.2, 0) is 6.54 Å². The van der Waals surface area contributed by atoms with Gasteiger partial charge in [-0.25, -0.2) is 0 Å². The van der Waals surface area contributed by atoms with Gasteiger partial charge in [0.1, 0.15) is 5.75 Å². The maximum Gasteiger partial charge on any atom is 0.120 e. The van der Waals surface area contributed by atoms with E-state index < -0.39 is 0 Å². The number of unbranched alkanes of at least 4 members (excludes halogenated alkanes) is 1. The molecule has 0 amide bonds. The van der Waals surface area contributed by atoms with E-state index in [1.165, 1.54) is 24.8 Å². The molecule has 1 rings (SSSR count). The molecule has 0 fully saturated rings. The third kappa shape index (κ3) is 5.73. The Hall–Kier alpha value is -1.02. The molecular weight excluding hydrogens is 210 g/mol. The molecule has 0 saturated carbocycles. The highest BCUT2D eigenvalue weighted by molar-refractivity contribution is 5.35. The van der Waals surface area contributed by atoms with E-state index >= 15 is 0 Å². The molecule has 0 bridgehead atoms. The molecule has 0 aliphatic carbocycles. The molecule has 1 aromatic rings. The van der Waals surface area contributed by atoms with Gasteiger partial charge < -0.3 is 10.4 Å². The fourth-order valence-electron chi connectivity index (χ4n) is 1.88. The van der Waals surface area contributed by atoms with Gasteiger partial charge in [0.05, 0.1) is 0 Å². The molecule has 0 aliphatic rings. The van der Waals surface area contributed by atoms with E-state index in [1.807, 2.05) is 19.1 Å². The van der Waals surface area contributed by atoms with Crippen LogP contribution in [-0.4, -0.2) is 11.7 Å². The lowest BCUT2D eigenvalue weighted by Crippen LogP contribution is -2.15. The number of aryl methyl sites for hydroxylation is 1. The summed E-state index contributed by atoms with van der Waals surface area (Å²) in [5.41, 5.74) is 2.19. The van der Waals surface area contributed by atoms with Gasteiger partial charge in [-0.1, -0.05) is 44.4 Å². The minimum Gasteiger partial charge on any atom is -0.508 e. The largest absolute Gasteiger partial charge is 0.508 e. The van der Waals surface area contributed by atoms with Crippen molar-refractivity contribution in [3.05, 3.63) is 29.3 Å². The van der Waals surface area contributed by atoms with Crippen LogP contribution in [0.4, 0.5) is 0 Å². The summed E-state index contributed by atoms with van der Waals surface area (Å²) in [6.45, 7) is 8.36. The summed E-state index contributed by atoms with van der Waals surface area (Å²) >= 11 is 0. The number of rotatable bonds is 7. The minimum absolute atomic E-state index is 0.394. The highest BCUT2D eigenvalue weighted by Gasteiger charge is 2.00. The number of hydrogen-bond acceptors (Lipinski definition) is 2. The summed E-state index contributed by atoms with van der Waals surface area (Å²) in [7, 11) is 0. The van der Waals surface area contributed by atoms with E-state index in [1.54, 1.807) is 6.07 Å². The van der Waals surface area contributed by atoms with Crippen LogP contribution in [0.1, 0.15) is 44.2 Å². The highest BCUT2D eigenvalue weighted by atomic mass is 16.3. The van der Waals surface area contributed by atoms with E-state index in [4.69, 9.17) is 0 Å². The van der Waals surface area contributed by atoms with Crippen molar-refractivity contribution in [3.63, 3.8) is 0 Å². The molecule has 0 heterocycles. The summed E-state index contributed by atoms with van der Waals surface area (Å²) < 4.78 is 0. The third-order valence-electron chi connectivity index (χ3n) is 2.94. The summed E-state index contributed by atoms with van der Waals surface area (Å²) in [4.78, 5) is 0. The summed E-state index contributed by atoms with van der Waals surface area (Å²) in [5, 5.41) is 13.1. The number of benzene rings is 1. The van der Waals surface area contributed by atoms with Crippen LogP contribution in [0, 0.1) is 12.8 Å². The molecular formula is C15H25NO. The lowest BCUT2D eigenvalue weighted by atomic mass is 10.1. The van der Waals surface area contributed by atoms with Crippen LogP contribution < -0.4 is 5.32 Å². The van der Waals surface area contributed by atoms with Crippen molar-refractivity contribution in [3.8, 4) is 5.75 Å². The second kappa shape index (κ2) is 7.33. The van der Waals surface area contributed by atoms with Crippen molar-refractivity contribution in [2.24, 2.45) is 5.92 Å². The molecule has 96 valence electrons. The van der Waals surface area contributed by atoms with E-state index in [2.05, 4.69) is 19.2 Å². The van der Waals surface area contributed by atoms with Crippen LogP contribution in [0.3, 0.4) is 0 Å². The Morgan fingerprint density at radius 3 is 2.71 bits per heavy atom. The van der Waals surface area contributed by atoms with Crippen molar-refractivity contribution in [1.29, 1.82) is 0 Å². The fourth-order valence-corrected chi connectivity index (χ4v) is 1.88. The molecule has 0 spiro atoms. The van der Waals surface area contributed by atoms with E-state index in [-0.39, 0.29) is 0 Å². The fraction of sp³-hybridized carbons (Fsp3) is 0.600. The Labute approximate surface area is 105 Å². The van der Waals surface area contributed by atoms with Crippen LogP contribution in [0.2, 0.25) is 0 Å². The molecule has 17 heavy (non-hydrogen) atoms. The number of nitrogens with one attached hydrogen (secondary N) is 1. The molecule has 1 aromatic carbocycles. The van der Waals surface area contributed by atoms with Crippen molar-refractivity contribution in [1.82, 2.24) is 5.32 Å². The minimum atomic E-state index is 0.394. The third-order valence-corrected chi connectivity index (χ3v) is 2.94. The summed E-state index contributed by atoms with van der Waals surface area (Å²) in [5.74, 6) is 1.20. The van der Waals surface area contributed by atoms with Gasteiger partial charge in [0.15, 0.2) is 0 Å². The molecule has 0 aliphatic heterocycles. The normalized spacial score (nSPS) is 11.1. The Balaban J connectivity index is 2.20.